The quantitative estimate of drug-likeness (QED) is 0.786. The fraction of sp³-hybridized carbons (Fsp3) is 0.421. The number of carbonyl (C=O) groups excluding carboxylic acids is 1. The molecule has 1 aliphatic heterocycles. The number of rotatable bonds is 5. The molecule has 2 aromatic rings. The second-order valence-electron chi connectivity index (χ2n) is 6.58. The Morgan fingerprint density at radius 3 is 2.65 bits per heavy atom. The van der Waals surface area contributed by atoms with E-state index in [0.29, 0.717) is 6.54 Å². The monoisotopic (exact) mass is 392 g/mol. The average molecular weight is 393 g/mol. The van der Waals surface area contributed by atoms with Gasteiger partial charge in [-0.15, -0.1) is 11.3 Å². The highest BCUT2D eigenvalue weighted by molar-refractivity contribution is 7.88. The summed E-state index contributed by atoms with van der Waals surface area (Å²) >= 11 is 1.72. The van der Waals surface area contributed by atoms with Crippen molar-refractivity contribution in [1.82, 2.24) is 9.21 Å². The first-order chi connectivity index (χ1) is 12.3. The number of nitrogens with zero attached hydrogens (tertiary/aromatic N) is 2. The minimum Gasteiger partial charge on any atom is -0.330 e. The lowest BCUT2D eigenvalue weighted by Crippen LogP contribution is -2.46. The molecule has 0 spiro atoms. The van der Waals surface area contributed by atoms with Crippen molar-refractivity contribution < 1.29 is 13.2 Å². The number of benzene rings is 1. The molecule has 0 radical (unpaired) electrons. The molecule has 7 heteroatoms. The van der Waals surface area contributed by atoms with Crippen molar-refractivity contribution in [3.8, 4) is 0 Å². The number of hydrogen-bond acceptors (Lipinski definition) is 4. The first kappa shape index (κ1) is 19.1. The minimum atomic E-state index is -3.40. The molecule has 3 rings (SSSR count). The van der Waals surface area contributed by atoms with Crippen molar-refractivity contribution >= 4 is 27.3 Å². The summed E-state index contributed by atoms with van der Waals surface area (Å²) < 4.78 is 25.0. The summed E-state index contributed by atoms with van der Waals surface area (Å²) in [5.41, 5.74) is 3.39. The predicted octanol–water partition coefficient (Wildman–Crippen LogP) is 2.81. The van der Waals surface area contributed by atoms with Crippen molar-refractivity contribution in [2.45, 2.75) is 26.3 Å². The van der Waals surface area contributed by atoms with Crippen LogP contribution in [0.25, 0.3) is 0 Å². The van der Waals surface area contributed by atoms with Crippen LogP contribution >= 0.6 is 11.3 Å². The van der Waals surface area contributed by atoms with E-state index >= 15 is 0 Å². The van der Waals surface area contributed by atoms with Crippen molar-refractivity contribution in [3.05, 3.63) is 57.3 Å². The van der Waals surface area contributed by atoms with Gasteiger partial charge in [0.2, 0.25) is 15.9 Å². The van der Waals surface area contributed by atoms with E-state index in [9.17, 15) is 13.2 Å². The standard InChI is InChI=1S/C19H24N2O3S2/c1-4-20(26(3,23)24)13-18(22)21-11-9-17-16(10-12-25-17)19(21)15-8-6-5-7-14(15)2/h5-8,10,12,19H,4,9,11,13H2,1-3H3/t19-/m1/s1. The summed E-state index contributed by atoms with van der Waals surface area (Å²) in [6.07, 6.45) is 1.96. The Balaban J connectivity index is 1.98. The van der Waals surface area contributed by atoms with E-state index in [1.54, 1.807) is 18.3 Å². The zero-order valence-electron chi connectivity index (χ0n) is 15.3. The van der Waals surface area contributed by atoms with E-state index < -0.39 is 10.0 Å². The van der Waals surface area contributed by atoms with Gasteiger partial charge in [-0.25, -0.2) is 8.42 Å². The molecule has 0 bridgehead atoms. The largest absolute Gasteiger partial charge is 0.330 e. The fourth-order valence-corrected chi connectivity index (χ4v) is 5.24. The molecule has 0 aliphatic carbocycles. The molecule has 1 aliphatic rings. The van der Waals surface area contributed by atoms with Crippen LogP contribution in [0.5, 0.6) is 0 Å². The smallest absolute Gasteiger partial charge is 0.238 e. The molecule has 1 atom stereocenters. The zero-order chi connectivity index (χ0) is 18.9. The minimum absolute atomic E-state index is 0.114. The Bertz CT molecular complexity index is 905. The molecule has 5 nitrogen and oxygen atoms in total. The van der Waals surface area contributed by atoms with Gasteiger partial charge in [-0.3, -0.25) is 4.79 Å². The second kappa shape index (κ2) is 7.50. The Kier molecular flexibility index (Phi) is 5.50. The average Bonchev–Trinajstić information content (AvgIpc) is 3.07. The number of carbonyl (C=O) groups is 1. The van der Waals surface area contributed by atoms with Crippen LogP contribution in [0.3, 0.4) is 0 Å². The summed E-state index contributed by atoms with van der Waals surface area (Å²) in [5.74, 6) is -0.151. The molecule has 140 valence electrons. The lowest BCUT2D eigenvalue weighted by molar-refractivity contribution is -0.133. The summed E-state index contributed by atoms with van der Waals surface area (Å²) in [6.45, 7) is 4.58. The van der Waals surface area contributed by atoms with E-state index in [1.807, 2.05) is 30.0 Å². The van der Waals surface area contributed by atoms with Gasteiger partial charge in [0.05, 0.1) is 18.8 Å². The molecule has 0 N–H and O–H groups in total. The SMILES string of the molecule is CCN(CC(=O)N1CCc2sccc2[C@H]1c1ccccc1C)S(C)(=O)=O. The van der Waals surface area contributed by atoms with Crippen LogP contribution < -0.4 is 0 Å². The highest BCUT2D eigenvalue weighted by Crippen LogP contribution is 2.38. The maximum absolute atomic E-state index is 13.1. The summed E-state index contributed by atoms with van der Waals surface area (Å²) in [6, 6.07) is 10.0. The summed E-state index contributed by atoms with van der Waals surface area (Å²) in [7, 11) is -3.40. The fourth-order valence-electron chi connectivity index (χ4n) is 3.52. The number of likely N-dealkylation sites (N-methyl/N-ethyl adjacent to an activating group) is 1. The first-order valence-corrected chi connectivity index (χ1v) is 11.4. The number of amides is 1. The molecule has 2 heterocycles. The third kappa shape index (κ3) is 3.70. The Morgan fingerprint density at radius 2 is 2.00 bits per heavy atom. The van der Waals surface area contributed by atoms with Crippen LogP contribution in [0.4, 0.5) is 0 Å². The van der Waals surface area contributed by atoms with Gasteiger partial charge in [0.25, 0.3) is 0 Å². The number of sulfonamides is 1. The maximum atomic E-state index is 13.1. The van der Waals surface area contributed by atoms with Crippen molar-refractivity contribution in [2.75, 3.05) is 25.9 Å². The number of hydrogen-bond donors (Lipinski definition) is 0. The van der Waals surface area contributed by atoms with E-state index in [-0.39, 0.29) is 25.0 Å². The van der Waals surface area contributed by atoms with Gasteiger partial charge in [-0.1, -0.05) is 31.2 Å². The van der Waals surface area contributed by atoms with E-state index in [1.165, 1.54) is 9.18 Å². The van der Waals surface area contributed by atoms with Gasteiger partial charge in [-0.05, 0) is 41.5 Å². The van der Waals surface area contributed by atoms with Gasteiger partial charge in [0.1, 0.15) is 0 Å². The van der Waals surface area contributed by atoms with Gasteiger partial charge in [-0.2, -0.15) is 4.31 Å². The van der Waals surface area contributed by atoms with Crippen LogP contribution in [0.1, 0.15) is 34.5 Å². The number of fused-ring (bicyclic) bond motifs is 1. The van der Waals surface area contributed by atoms with Gasteiger partial charge in [0, 0.05) is 18.0 Å². The van der Waals surface area contributed by atoms with Gasteiger partial charge < -0.3 is 4.90 Å². The normalized spacial score (nSPS) is 17.4. The first-order valence-electron chi connectivity index (χ1n) is 8.69. The molecule has 1 aromatic heterocycles. The van der Waals surface area contributed by atoms with Gasteiger partial charge >= 0.3 is 0 Å². The van der Waals surface area contributed by atoms with Crippen LogP contribution in [0.15, 0.2) is 35.7 Å². The van der Waals surface area contributed by atoms with E-state index in [2.05, 4.69) is 17.5 Å². The molecule has 26 heavy (non-hydrogen) atoms. The van der Waals surface area contributed by atoms with E-state index in [0.717, 1.165) is 29.4 Å². The highest BCUT2D eigenvalue weighted by Gasteiger charge is 2.34. The lowest BCUT2D eigenvalue weighted by Gasteiger charge is -2.38. The molecular formula is C19H24N2O3S2. The Morgan fingerprint density at radius 1 is 1.27 bits per heavy atom. The predicted molar refractivity (Wildman–Crippen MR) is 105 cm³/mol. The lowest BCUT2D eigenvalue weighted by atomic mass is 9.90. The second-order valence-corrected chi connectivity index (χ2v) is 9.57. The third-order valence-corrected chi connectivity index (χ3v) is 7.22. The zero-order valence-corrected chi connectivity index (χ0v) is 16.9. The Labute approximate surface area is 159 Å². The molecule has 0 unspecified atom stereocenters. The molecule has 1 amide bonds. The van der Waals surface area contributed by atoms with Crippen LogP contribution in [0.2, 0.25) is 0 Å². The summed E-state index contributed by atoms with van der Waals surface area (Å²) in [4.78, 5) is 16.2. The van der Waals surface area contributed by atoms with Crippen molar-refractivity contribution in [1.29, 1.82) is 0 Å². The molecule has 1 aromatic carbocycles. The molecular weight excluding hydrogens is 368 g/mol. The molecule has 0 fully saturated rings. The number of thiophene rings is 1. The third-order valence-electron chi connectivity index (χ3n) is 4.90. The van der Waals surface area contributed by atoms with E-state index in [4.69, 9.17) is 0 Å². The topological polar surface area (TPSA) is 57.7 Å². The van der Waals surface area contributed by atoms with Crippen LogP contribution in [0, 0.1) is 6.92 Å². The Hall–Kier alpha value is -1.70. The van der Waals surface area contributed by atoms with Crippen molar-refractivity contribution in [2.24, 2.45) is 0 Å². The molecule has 0 saturated heterocycles. The van der Waals surface area contributed by atoms with Crippen LogP contribution in [-0.2, 0) is 21.2 Å². The maximum Gasteiger partial charge on any atom is 0.238 e. The van der Waals surface area contributed by atoms with Crippen LogP contribution in [-0.4, -0.2) is 49.4 Å². The highest BCUT2D eigenvalue weighted by atomic mass is 32.2. The summed E-state index contributed by atoms with van der Waals surface area (Å²) in [5, 5.41) is 2.07. The van der Waals surface area contributed by atoms with Gasteiger partial charge in [0.15, 0.2) is 0 Å². The number of aryl methyl sites for hydroxylation is 1. The van der Waals surface area contributed by atoms with Crippen molar-refractivity contribution in [3.63, 3.8) is 0 Å². The molecule has 0 saturated carbocycles.